The number of allylic oxidation sites excluding steroid dienone is 1. The maximum absolute atomic E-state index is 12.9. The standard InChI is InChI=1S/C26H36O6/c1-7-16(2)22(27)32-20-15-18(24(29)30-6)19(10-9-17-11-14-31-23(17)28)26(5)13-8-12-25(3,4)21(20)26/h7,11,15,19-21H,8-10,12-14H2,1-6H3. The molecule has 176 valence electrons. The van der Waals surface area contributed by atoms with E-state index in [9.17, 15) is 14.4 Å². The van der Waals surface area contributed by atoms with E-state index in [1.54, 1.807) is 19.9 Å². The van der Waals surface area contributed by atoms with Crippen molar-refractivity contribution in [2.24, 2.45) is 22.7 Å². The smallest absolute Gasteiger partial charge is 0.334 e. The van der Waals surface area contributed by atoms with Crippen LogP contribution in [0.4, 0.5) is 0 Å². The van der Waals surface area contributed by atoms with Crippen molar-refractivity contribution in [2.75, 3.05) is 13.7 Å². The summed E-state index contributed by atoms with van der Waals surface area (Å²) in [5.74, 6) is -1.10. The third-order valence-corrected chi connectivity index (χ3v) is 7.86. The van der Waals surface area contributed by atoms with Gasteiger partial charge in [-0.05, 0) is 68.4 Å². The quantitative estimate of drug-likeness (QED) is 0.336. The first-order chi connectivity index (χ1) is 15.0. The zero-order valence-corrected chi connectivity index (χ0v) is 20.2. The highest BCUT2D eigenvalue weighted by molar-refractivity contribution is 5.91. The van der Waals surface area contributed by atoms with Crippen LogP contribution in [-0.4, -0.2) is 37.7 Å². The van der Waals surface area contributed by atoms with Crippen LogP contribution in [0.1, 0.15) is 66.7 Å². The molecule has 1 saturated carbocycles. The molecule has 6 nitrogen and oxygen atoms in total. The second kappa shape index (κ2) is 9.24. The number of rotatable bonds is 6. The van der Waals surface area contributed by atoms with Crippen LogP contribution in [0.3, 0.4) is 0 Å². The van der Waals surface area contributed by atoms with Gasteiger partial charge in [0.25, 0.3) is 0 Å². The molecule has 0 spiro atoms. The van der Waals surface area contributed by atoms with Crippen molar-refractivity contribution in [1.82, 2.24) is 0 Å². The zero-order chi connectivity index (χ0) is 23.7. The van der Waals surface area contributed by atoms with Crippen LogP contribution >= 0.6 is 0 Å². The van der Waals surface area contributed by atoms with Gasteiger partial charge in [0.05, 0.1) is 7.11 Å². The predicted molar refractivity (Wildman–Crippen MR) is 120 cm³/mol. The monoisotopic (exact) mass is 444 g/mol. The molecule has 3 rings (SSSR count). The highest BCUT2D eigenvalue weighted by Gasteiger charge is 2.58. The summed E-state index contributed by atoms with van der Waals surface area (Å²) in [6.07, 6.45) is 9.01. The molecule has 0 aromatic carbocycles. The minimum absolute atomic E-state index is 0.0419. The lowest BCUT2D eigenvalue weighted by molar-refractivity contribution is -0.162. The van der Waals surface area contributed by atoms with Crippen molar-refractivity contribution in [3.63, 3.8) is 0 Å². The molecule has 32 heavy (non-hydrogen) atoms. The molecule has 0 bridgehead atoms. The molecule has 1 fully saturated rings. The molecule has 4 atom stereocenters. The number of cyclic esters (lactones) is 1. The molecular formula is C26H36O6. The summed E-state index contributed by atoms with van der Waals surface area (Å²) in [5, 5.41) is 0. The van der Waals surface area contributed by atoms with Gasteiger partial charge in [0, 0.05) is 22.6 Å². The first-order valence-corrected chi connectivity index (χ1v) is 11.5. The minimum Gasteiger partial charge on any atom is -0.466 e. The normalized spacial score (nSPS) is 31.8. The maximum Gasteiger partial charge on any atom is 0.334 e. The summed E-state index contributed by atoms with van der Waals surface area (Å²) in [6.45, 7) is 10.5. The molecule has 0 saturated heterocycles. The molecule has 6 heteroatoms. The van der Waals surface area contributed by atoms with Crippen LogP contribution in [0, 0.1) is 22.7 Å². The predicted octanol–water partition coefficient (Wildman–Crippen LogP) is 4.69. The Balaban J connectivity index is 2.04. The Bertz CT molecular complexity index is 877. The Morgan fingerprint density at radius 2 is 1.97 bits per heavy atom. The SMILES string of the molecule is CC=C(C)C(=O)OC1C=C(C(=O)OC)C(CCC2=CCOC2=O)C2(C)CCCC(C)(C)C12. The van der Waals surface area contributed by atoms with E-state index in [1.807, 2.05) is 12.2 Å². The van der Waals surface area contributed by atoms with Gasteiger partial charge in [0.1, 0.15) is 12.7 Å². The Morgan fingerprint density at radius 3 is 2.56 bits per heavy atom. The number of fused-ring (bicyclic) bond motifs is 1. The minimum atomic E-state index is -0.515. The number of carbonyl (C=O) groups is 3. The van der Waals surface area contributed by atoms with Gasteiger partial charge in [-0.15, -0.1) is 0 Å². The molecule has 1 aliphatic heterocycles. The maximum atomic E-state index is 12.9. The fraction of sp³-hybridized carbons (Fsp3) is 0.654. The summed E-state index contributed by atoms with van der Waals surface area (Å²) in [5.41, 5.74) is 1.40. The van der Waals surface area contributed by atoms with Gasteiger partial charge in [-0.2, -0.15) is 0 Å². The largest absolute Gasteiger partial charge is 0.466 e. The van der Waals surface area contributed by atoms with Crippen LogP contribution < -0.4 is 0 Å². The van der Waals surface area contributed by atoms with E-state index < -0.39 is 12.1 Å². The van der Waals surface area contributed by atoms with E-state index in [0.717, 1.165) is 19.3 Å². The van der Waals surface area contributed by atoms with Crippen LogP contribution in [0.5, 0.6) is 0 Å². The molecule has 3 aliphatic rings. The van der Waals surface area contributed by atoms with Crippen LogP contribution in [0.25, 0.3) is 0 Å². The summed E-state index contributed by atoms with van der Waals surface area (Å²) in [7, 11) is 1.38. The lowest BCUT2D eigenvalue weighted by atomic mass is 9.47. The first kappa shape index (κ1) is 24.3. The number of hydrogen-bond acceptors (Lipinski definition) is 6. The highest BCUT2D eigenvalue weighted by atomic mass is 16.5. The van der Waals surface area contributed by atoms with Gasteiger partial charge in [0.15, 0.2) is 0 Å². The van der Waals surface area contributed by atoms with Gasteiger partial charge in [0.2, 0.25) is 0 Å². The van der Waals surface area contributed by atoms with Crippen LogP contribution in [0.15, 0.2) is 34.9 Å². The number of carbonyl (C=O) groups excluding carboxylic acids is 3. The Labute approximate surface area is 191 Å². The molecular weight excluding hydrogens is 408 g/mol. The van der Waals surface area contributed by atoms with E-state index in [4.69, 9.17) is 14.2 Å². The zero-order valence-electron chi connectivity index (χ0n) is 20.2. The molecule has 0 radical (unpaired) electrons. The lowest BCUT2D eigenvalue weighted by Crippen LogP contribution is -2.56. The molecule has 2 aliphatic carbocycles. The third-order valence-electron chi connectivity index (χ3n) is 7.86. The summed E-state index contributed by atoms with van der Waals surface area (Å²) >= 11 is 0. The van der Waals surface area contributed by atoms with Crippen LogP contribution in [-0.2, 0) is 28.6 Å². The number of hydrogen-bond donors (Lipinski definition) is 0. The summed E-state index contributed by atoms with van der Waals surface area (Å²) < 4.78 is 16.2. The van der Waals surface area contributed by atoms with Gasteiger partial charge in [-0.3, -0.25) is 0 Å². The fourth-order valence-corrected chi connectivity index (χ4v) is 6.23. The fourth-order valence-electron chi connectivity index (χ4n) is 6.23. The average molecular weight is 445 g/mol. The van der Waals surface area contributed by atoms with Crippen molar-refractivity contribution in [3.8, 4) is 0 Å². The Morgan fingerprint density at radius 1 is 1.25 bits per heavy atom. The topological polar surface area (TPSA) is 78.9 Å². The van der Waals surface area contributed by atoms with Crippen molar-refractivity contribution < 1.29 is 28.6 Å². The molecule has 0 aromatic heterocycles. The van der Waals surface area contributed by atoms with E-state index in [2.05, 4.69) is 20.8 Å². The third kappa shape index (κ3) is 4.41. The first-order valence-electron chi connectivity index (χ1n) is 11.5. The van der Waals surface area contributed by atoms with Gasteiger partial charge < -0.3 is 14.2 Å². The van der Waals surface area contributed by atoms with Gasteiger partial charge in [-0.1, -0.05) is 33.3 Å². The van der Waals surface area contributed by atoms with Gasteiger partial charge in [-0.25, -0.2) is 14.4 Å². The van der Waals surface area contributed by atoms with Gasteiger partial charge >= 0.3 is 17.9 Å². The second-order valence-corrected chi connectivity index (χ2v) is 10.2. The Kier molecular flexibility index (Phi) is 7.01. The molecule has 4 unspecified atom stereocenters. The van der Waals surface area contributed by atoms with Crippen LogP contribution in [0.2, 0.25) is 0 Å². The molecule has 1 heterocycles. The van der Waals surface area contributed by atoms with E-state index in [0.29, 0.717) is 36.2 Å². The summed E-state index contributed by atoms with van der Waals surface area (Å²) in [4.78, 5) is 37.6. The van der Waals surface area contributed by atoms with E-state index in [1.165, 1.54) is 7.11 Å². The van der Waals surface area contributed by atoms with Crippen molar-refractivity contribution in [3.05, 3.63) is 34.9 Å². The van der Waals surface area contributed by atoms with E-state index >= 15 is 0 Å². The summed E-state index contributed by atoms with van der Waals surface area (Å²) in [6, 6.07) is 0. The number of esters is 3. The highest BCUT2D eigenvalue weighted by Crippen LogP contribution is 2.61. The van der Waals surface area contributed by atoms with E-state index in [-0.39, 0.29) is 34.6 Å². The molecule has 0 N–H and O–H groups in total. The Hall–Kier alpha value is -2.37. The second-order valence-electron chi connectivity index (χ2n) is 10.2. The van der Waals surface area contributed by atoms with Crippen molar-refractivity contribution in [1.29, 1.82) is 0 Å². The average Bonchev–Trinajstić information content (AvgIpc) is 3.15. The van der Waals surface area contributed by atoms with Crippen molar-refractivity contribution >= 4 is 17.9 Å². The number of methoxy groups -OCH3 is 1. The number of ether oxygens (including phenoxy) is 3. The van der Waals surface area contributed by atoms with Crippen molar-refractivity contribution in [2.45, 2.75) is 72.8 Å². The molecule has 0 amide bonds. The lowest BCUT2D eigenvalue weighted by Gasteiger charge is -2.58. The molecule has 0 aromatic rings.